The highest BCUT2D eigenvalue weighted by Gasteiger charge is 2.29. The average Bonchev–Trinajstić information content (AvgIpc) is 3.02. The number of halogens is 1. The summed E-state index contributed by atoms with van der Waals surface area (Å²) in [6.07, 6.45) is 3.58. The lowest BCUT2D eigenvalue weighted by atomic mass is 10.2. The highest BCUT2D eigenvalue weighted by molar-refractivity contribution is 7.89. The number of carbonyl (C=O) groups excluding carboxylic acids is 1. The van der Waals surface area contributed by atoms with Gasteiger partial charge in [0.05, 0.1) is 12.7 Å². The number of benzene rings is 2. The van der Waals surface area contributed by atoms with Crippen molar-refractivity contribution in [2.75, 3.05) is 20.2 Å². The van der Waals surface area contributed by atoms with Crippen LogP contribution >= 0.6 is 0 Å². The van der Waals surface area contributed by atoms with Crippen LogP contribution in [0, 0.1) is 5.82 Å². The lowest BCUT2D eigenvalue weighted by Gasteiger charge is -2.21. The van der Waals surface area contributed by atoms with Crippen LogP contribution in [0.15, 0.2) is 47.4 Å². The molecule has 0 aliphatic carbocycles. The molecule has 1 heterocycles. The lowest BCUT2D eigenvalue weighted by Crippen LogP contribution is -2.32. The van der Waals surface area contributed by atoms with Crippen molar-refractivity contribution in [3.8, 4) is 5.75 Å². The molecule has 0 atom stereocenters. The summed E-state index contributed by atoms with van der Waals surface area (Å²) in [5.74, 6) is -1.04. The molecule has 0 N–H and O–H groups in total. The van der Waals surface area contributed by atoms with Gasteiger partial charge in [0.1, 0.15) is 23.1 Å². The highest BCUT2D eigenvalue weighted by Crippen LogP contribution is 2.29. The number of carbonyl (C=O) groups is 1. The van der Waals surface area contributed by atoms with Gasteiger partial charge in [-0.25, -0.2) is 17.6 Å². The monoisotopic (exact) mass is 421 g/mol. The summed E-state index contributed by atoms with van der Waals surface area (Å²) in [7, 11) is -2.44. The fourth-order valence-electron chi connectivity index (χ4n) is 3.27. The van der Waals surface area contributed by atoms with Gasteiger partial charge >= 0.3 is 5.97 Å². The van der Waals surface area contributed by atoms with Gasteiger partial charge < -0.3 is 9.47 Å². The van der Waals surface area contributed by atoms with Crippen LogP contribution in [0.4, 0.5) is 4.39 Å². The van der Waals surface area contributed by atoms with E-state index in [0.717, 1.165) is 25.7 Å². The van der Waals surface area contributed by atoms with Gasteiger partial charge in [-0.05, 0) is 37.1 Å². The van der Waals surface area contributed by atoms with Crippen molar-refractivity contribution in [3.63, 3.8) is 0 Å². The summed E-state index contributed by atoms with van der Waals surface area (Å²) in [6, 6.07) is 10.1. The Morgan fingerprint density at radius 2 is 1.76 bits per heavy atom. The fourth-order valence-corrected chi connectivity index (χ4v) is 4.97. The number of rotatable bonds is 6. The number of sulfonamides is 1. The smallest absolute Gasteiger partial charge is 0.338 e. The first-order valence-corrected chi connectivity index (χ1v) is 11.0. The molecule has 0 spiro atoms. The van der Waals surface area contributed by atoms with E-state index in [9.17, 15) is 17.6 Å². The molecule has 0 unspecified atom stereocenters. The molecule has 29 heavy (non-hydrogen) atoms. The second-order valence-electron chi connectivity index (χ2n) is 6.85. The van der Waals surface area contributed by atoms with Gasteiger partial charge in [-0.1, -0.05) is 31.0 Å². The number of methoxy groups -OCH3 is 1. The average molecular weight is 421 g/mol. The molecule has 0 aromatic heterocycles. The minimum atomic E-state index is -3.82. The maximum atomic E-state index is 13.7. The molecule has 6 nitrogen and oxygen atoms in total. The van der Waals surface area contributed by atoms with Gasteiger partial charge in [-0.15, -0.1) is 0 Å². The number of hydrogen-bond acceptors (Lipinski definition) is 5. The van der Waals surface area contributed by atoms with Crippen molar-refractivity contribution >= 4 is 16.0 Å². The van der Waals surface area contributed by atoms with Gasteiger partial charge in [0, 0.05) is 18.7 Å². The Morgan fingerprint density at radius 3 is 2.41 bits per heavy atom. The lowest BCUT2D eigenvalue weighted by molar-refractivity contribution is 0.0468. The van der Waals surface area contributed by atoms with Gasteiger partial charge in [0.15, 0.2) is 0 Å². The summed E-state index contributed by atoms with van der Waals surface area (Å²) < 4.78 is 51.9. The highest BCUT2D eigenvalue weighted by atomic mass is 32.2. The molecule has 1 fully saturated rings. The van der Waals surface area contributed by atoms with Crippen molar-refractivity contribution in [1.29, 1.82) is 0 Å². The van der Waals surface area contributed by atoms with E-state index >= 15 is 0 Å². The molecule has 0 amide bonds. The van der Waals surface area contributed by atoms with E-state index in [1.54, 1.807) is 12.1 Å². The van der Waals surface area contributed by atoms with Gasteiger partial charge in [0.25, 0.3) is 0 Å². The van der Waals surface area contributed by atoms with Crippen molar-refractivity contribution in [1.82, 2.24) is 4.31 Å². The normalized spacial score (nSPS) is 15.5. The van der Waals surface area contributed by atoms with Crippen molar-refractivity contribution in [2.24, 2.45) is 0 Å². The van der Waals surface area contributed by atoms with Crippen LogP contribution in [-0.2, 0) is 21.4 Å². The topological polar surface area (TPSA) is 72.9 Å². The largest absolute Gasteiger partial charge is 0.495 e. The molecule has 2 aromatic rings. The molecular weight excluding hydrogens is 397 g/mol. The van der Waals surface area contributed by atoms with Gasteiger partial charge in [-0.3, -0.25) is 0 Å². The zero-order chi connectivity index (χ0) is 20.9. The molecule has 1 aliphatic heterocycles. The molecule has 8 heteroatoms. The fraction of sp³-hybridized carbons (Fsp3) is 0.381. The number of hydrogen-bond donors (Lipinski definition) is 0. The Morgan fingerprint density at radius 1 is 1.07 bits per heavy atom. The second kappa shape index (κ2) is 9.37. The van der Waals surface area contributed by atoms with E-state index in [1.165, 1.54) is 41.7 Å². The summed E-state index contributed by atoms with van der Waals surface area (Å²) in [5, 5.41) is 0. The SMILES string of the molecule is COc1ccc(C(=O)OCc2ccccc2F)cc1S(=O)(=O)N1CCCCCC1. The van der Waals surface area contributed by atoms with E-state index < -0.39 is 21.8 Å². The van der Waals surface area contributed by atoms with Crippen LogP contribution in [0.3, 0.4) is 0 Å². The summed E-state index contributed by atoms with van der Waals surface area (Å²) >= 11 is 0. The van der Waals surface area contributed by atoms with E-state index in [0.29, 0.717) is 13.1 Å². The van der Waals surface area contributed by atoms with Crippen LogP contribution in [0.5, 0.6) is 5.75 Å². The molecule has 0 saturated carbocycles. The third-order valence-corrected chi connectivity index (χ3v) is 6.82. The van der Waals surface area contributed by atoms with Crippen LogP contribution in [0.25, 0.3) is 0 Å². The zero-order valence-electron chi connectivity index (χ0n) is 16.3. The summed E-state index contributed by atoms with van der Waals surface area (Å²) in [5.41, 5.74) is 0.308. The minimum absolute atomic E-state index is 0.0653. The van der Waals surface area contributed by atoms with Crippen LogP contribution < -0.4 is 4.74 Å². The van der Waals surface area contributed by atoms with Crippen molar-refractivity contribution in [3.05, 3.63) is 59.4 Å². The summed E-state index contributed by atoms with van der Waals surface area (Å²) in [6.45, 7) is 0.632. The first-order valence-electron chi connectivity index (χ1n) is 9.52. The predicted octanol–water partition coefficient (Wildman–Crippen LogP) is 3.76. The van der Waals surface area contributed by atoms with Crippen LogP contribution in [0.2, 0.25) is 0 Å². The maximum Gasteiger partial charge on any atom is 0.338 e. The third-order valence-electron chi connectivity index (χ3n) is 4.90. The zero-order valence-corrected chi connectivity index (χ0v) is 17.1. The number of ether oxygens (including phenoxy) is 2. The van der Waals surface area contributed by atoms with Crippen molar-refractivity contribution in [2.45, 2.75) is 37.2 Å². The Balaban J connectivity index is 1.84. The van der Waals surface area contributed by atoms with Gasteiger partial charge in [-0.2, -0.15) is 4.31 Å². The first-order chi connectivity index (χ1) is 13.9. The quantitative estimate of drug-likeness (QED) is 0.664. The Labute approximate surface area is 170 Å². The number of esters is 1. The standard InChI is InChI=1S/C21H24FNO5S/c1-27-19-11-10-16(21(24)28-15-17-8-4-5-9-18(17)22)14-20(19)29(25,26)23-12-6-2-3-7-13-23/h4-5,8-11,14H,2-3,6-7,12-13,15H2,1H3. The van der Waals surface area contributed by atoms with E-state index in [2.05, 4.69) is 0 Å². The van der Waals surface area contributed by atoms with E-state index in [-0.39, 0.29) is 28.4 Å². The first kappa shape index (κ1) is 21.3. The third kappa shape index (κ3) is 4.94. The van der Waals surface area contributed by atoms with Crippen LogP contribution in [0.1, 0.15) is 41.6 Å². The van der Waals surface area contributed by atoms with Crippen molar-refractivity contribution < 1.29 is 27.1 Å². The second-order valence-corrected chi connectivity index (χ2v) is 8.76. The molecule has 1 saturated heterocycles. The predicted molar refractivity (Wildman–Crippen MR) is 106 cm³/mol. The Hall–Kier alpha value is -2.45. The summed E-state index contributed by atoms with van der Waals surface area (Å²) in [4.78, 5) is 12.4. The molecular formula is C21H24FNO5S. The number of nitrogens with zero attached hydrogens (tertiary/aromatic N) is 1. The molecule has 0 bridgehead atoms. The van der Waals surface area contributed by atoms with E-state index in [4.69, 9.17) is 9.47 Å². The van der Waals surface area contributed by atoms with Gasteiger partial charge in [0.2, 0.25) is 10.0 Å². The molecule has 156 valence electrons. The Kier molecular flexibility index (Phi) is 6.87. The molecule has 3 rings (SSSR count). The molecule has 2 aromatic carbocycles. The maximum absolute atomic E-state index is 13.7. The minimum Gasteiger partial charge on any atom is -0.495 e. The van der Waals surface area contributed by atoms with Crippen LogP contribution in [-0.4, -0.2) is 38.9 Å². The van der Waals surface area contributed by atoms with E-state index in [1.807, 2.05) is 0 Å². The molecule has 0 radical (unpaired) electrons. The Bertz CT molecular complexity index is 969. The molecule has 1 aliphatic rings.